The van der Waals surface area contributed by atoms with E-state index < -0.39 is 0 Å². The smallest absolute Gasteiger partial charge is 0.220 e. The molecule has 3 rings (SSSR count). The van der Waals surface area contributed by atoms with Crippen molar-refractivity contribution in [3.63, 3.8) is 0 Å². The highest BCUT2D eigenvalue weighted by molar-refractivity contribution is 5.76. The van der Waals surface area contributed by atoms with Gasteiger partial charge in [-0.25, -0.2) is 0 Å². The molecule has 2 aliphatic heterocycles. The van der Waals surface area contributed by atoms with Crippen molar-refractivity contribution in [1.82, 2.24) is 10.6 Å². The molecule has 24 heavy (non-hydrogen) atoms. The van der Waals surface area contributed by atoms with Crippen LogP contribution in [0.4, 0.5) is 0 Å². The van der Waals surface area contributed by atoms with Crippen LogP contribution in [0.25, 0.3) is 0 Å². The Hall–Kier alpha value is -1.75. The number of carbonyl (C=O) groups is 1. The number of ether oxygens (including phenoxy) is 2. The van der Waals surface area contributed by atoms with E-state index in [-0.39, 0.29) is 5.91 Å². The molecule has 5 nitrogen and oxygen atoms in total. The summed E-state index contributed by atoms with van der Waals surface area (Å²) in [6, 6.07) is 9.20. The predicted molar refractivity (Wildman–Crippen MR) is 93.5 cm³/mol. The number of nitrogens with one attached hydrogen (secondary N) is 2. The van der Waals surface area contributed by atoms with Gasteiger partial charge in [0.05, 0.1) is 13.2 Å². The second-order valence-corrected chi connectivity index (χ2v) is 6.71. The van der Waals surface area contributed by atoms with E-state index in [1.807, 2.05) is 31.2 Å². The Morgan fingerprint density at radius 1 is 1.17 bits per heavy atom. The van der Waals surface area contributed by atoms with Crippen LogP contribution in [0.2, 0.25) is 0 Å². The lowest BCUT2D eigenvalue weighted by atomic mass is 9.99. The van der Waals surface area contributed by atoms with Crippen molar-refractivity contribution >= 4 is 5.91 Å². The van der Waals surface area contributed by atoms with Crippen LogP contribution in [0, 0.1) is 0 Å². The Morgan fingerprint density at radius 3 is 2.50 bits per heavy atom. The fourth-order valence-corrected chi connectivity index (χ4v) is 3.73. The summed E-state index contributed by atoms with van der Waals surface area (Å²) < 4.78 is 11.3. The van der Waals surface area contributed by atoms with Crippen molar-refractivity contribution in [2.45, 2.75) is 63.6 Å². The van der Waals surface area contributed by atoms with Crippen molar-refractivity contribution in [2.75, 3.05) is 13.2 Å². The third-order valence-corrected chi connectivity index (χ3v) is 4.79. The molecule has 132 valence electrons. The van der Waals surface area contributed by atoms with Gasteiger partial charge in [0.2, 0.25) is 5.91 Å². The van der Waals surface area contributed by atoms with Crippen LogP contribution in [0.15, 0.2) is 24.3 Å². The maximum Gasteiger partial charge on any atom is 0.220 e. The van der Waals surface area contributed by atoms with Gasteiger partial charge in [-0.1, -0.05) is 12.1 Å². The van der Waals surface area contributed by atoms with Crippen molar-refractivity contribution in [2.24, 2.45) is 0 Å². The fourth-order valence-electron chi connectivity index (χ4n) is 3.73. The van der Waals surface area contributed by atoms with Crippen molar-refractivity contribution in [1.29, 1.82) is 0 Å². The maximum atomic E-state index is 12.1. The molecule has 0 aromatic heterocycles. The molecule has 2 N–H and O–H groups in total. The number of rotatable bonds is 8. The molecule has 1 amide bonds. The van der Waals surface area contributed by atoms with Gasteiger partial charge in [0, 0.05) is 24.5 Å². The quantitative estimate of drug-likeness (QED) is 0.719. The topological polar surface area (TPSA) is 59.6 Å². The monoisotopic (exact) mass is 332 g/mol. The molecule has 2 fully saturated rings. The summed E-state index contributed by atoms with van der Waals surface area (Å²) >= 11 is 0. The number of para-hydroxylation sites is 2. The first-order valence-corrected chi connectivity index (χ1v) is 9.14. The summed E-state index contributed by atoms with van der Waals surface area (Å²) in [6.45, 7) is 3.09. The van der Waals surface area contributed by atoms with Gasteiger partial charge in [0.15, 0.2) is 11.5 Å². The molecule has 5 heteroatoms. The summed E-state index contributed by atoms with van der Waals surface area (Å²) in [6.07, 6.45) is 5.87. The van der Waals surface area contributed by atoms with Crippen molar-refractivity contribution in [3.05, 3.63) is 24.3 Å². The van der Waals surface area contributed by atoms with Gasteiger partial charge in [-0.2, -0.15) is 0 Å². The number of fused-ring (bicyclic) bond motifs is 2. The van der Waals surface area contributed by atoms with Crippen LogP contribution < -0.4 is 20.1 Å². The van der Waals surface area contributed by atoms with Gasteiger partial charge in [-0.3, -0.25) is 4.79 Å². The zero-order valence-electron chi connectivity index (χ0n) is 14.4. The second-order valence-electron chi connectivity index (χ2n) is 6.71. The largest absolute Gasteiger partial charge is 0.490 e. The van der Waals surface area contributed by atoms with E-state index in [2.05, 4.69) is 10.6 Å². The lowest BCUT2D eigenvalue weighted by molar-refractivity contribution is -0.122. The predicted octanol–water partition coefficient (Wildman–Crippen LogP) is 2.64. The van der Waals surface area contributed by atoms with Crippen LogP contribution in [0.1, 0.15) is 45.4 Å². The standard InChI is InChI=1S/C19H28N2O3/c1-2-23-17-6-3-4-7-18(17)24-11-5-8-19(22)21-16-12-14-9-10-15(13-16)20-14/h3-4,6-7,14-16,20H,2,5,8-13H2,1H3,(H,21,22). The molecule has 2 atom stereocenters. The van der Waals surface area contributed by atoms with E-state index in [1.54, 1.807) is 0 Å². The van der Waals surface area contributed by atoms with Gasteiger partial charge in [-0.15, -0.1) is 0 Å². The Morgan fingerprint density at radius 2 is 1.83 bits per heavy atom. The first-order valence-electron chi connectivity index (χ1n) is 9.14. The van der Waals surface area contributed by atoms with Crippen molar-refractivity contribution in [3.8, 4) is 11.5 Å². The normalized spacial score (nSPS) is 25.3. The number of hydrogen-bond donors (Lipinski definition) is 2. The van der Waals surface area contributed by atoms with E-state index in [9.17, 15) is 4.79 Å². The number of piperidine rings is 1. The van der Waals surface area contributed by atoms with E-state index in [0.29, 0.717) is 44.2 Å². The van der Waals surface area contributed by atoms with Gasteiger partial charge in [0.1, 0.15) is 0 Å². The minimum atomic E-state index is 0.142. The minimum absolute atomic E-state index is 0.142. The number of amides is 1. The third-order valence-electron chi connectivity index (χ3n) is 4.79. The second kappa shape index (κ2) is 8.38. The molecule has 1 aromatic rings. The summed E-state index contributed by atoms with van der Waals surface area (Å²) in [7, 11) is 0. The number of hydrogen-bond acceptors (Lipinski definition) is 4. The molecule has 2 unspecified atom stereocenters. The highest BCUT2D eigenvalue weighted by Gasteiger charge is 2.33. The molecule has 2 bridgehead atoms. The van der Waals surface area contributed by atoms with Crippen LogP contribution in [-0.4, -0.2) is 37.2 Å². The van der Waals surface area contributed by atoms with E-state index in [1.165, 1.54) is 12.8 Å². The number of carbonyl (C=O) groups excluding carboxylic acids is 1. The van der Waals surface area contributed by atoms with Crippen LogP contribution in [-0.2, 0) is 4.79 Å². The Bertz CT molecular complexity index is 537. The molecule has 0 aliphatic carbocycles. The molecular weight excluding hydrogens is 304 g/mol. The minimum Gasteiger partial charge on any atom is -0.490 e. The fraction of sp³-hybridized carbons (Fsp3) is 0.632. The molecule has 0 radical (unpaired) electrons. The molecule has 1 aromatic carbocycles. The zero-order valence-corrected chi connectivity index (χ0v) is 14.4. The summed E-state index contributed by atoms with van der Waals surface area (Å²) in [5, 5.41) is 6.79. The lowest BCUT2D eigenvalue weighted by Crippen LogP contribution is -2.48. The number of benzene rings is 1. The first kappa shape index (κ1) is 17.1. The van der Waals surface area contributed by atoms with E-state index >= 15 is 0 Å². The maximum absolute atomic E-state index is 12.1. The Labute approximate surface area is 144 Å². The van der Waals surface area contributed by atoms with Gasteiger partial charge < -0.3 is 20.1 Å². The highest BCUT2D eigenvalue weighted by atomic mass is 16.5. The molecule has 2 saturated heterocycles. The highest BCUT2D eigenvalue weighted by Crippen LogP contribution is 2.27. The van der Waals surface area contributed by atoms with Crippen LogP contribution in [0.3, 0.4) is 0 Å². The zero-order chi connectivity index (χ0) is 16.8. The lowest BCUT2D eigenvalue weighted by Gasteiger charge is -2.29. The Balaban J connectivity index is 1.35. The molecule has 0 saturated carbocycles. The summed E-state index contributed by atoms with van der Waals surface area (Å²) in [4.78, 5) is 12.1. The van der Waals surface area contributed by atoms with Crippen LogP contribution in [0.5, 0.6) is 11.5 Å². The molecular formula is C19H28N2O3. The van der Waals surface area contributed by atoms with Gasteiger partial charge in [-0.05, 0) is 51.2 Å². The van der Waals surface area contributed by atoms with E-state index in [0.717, 1.165) is 24.3 Å². The molecule has 0 spiro atoms. The summed E-state index contributed by atoms with van der Waals surface area (Å²) in [5.74, 6) is 1.65. The van der Waals surface area contributed by atoms with Gasteiger partial charge in [0.25, 0.3) is 0 Å². The SMILES string of the molecule is CCOc1ccccc1OCCCC(=O)NC1CC2CCC(C1)N2. The summed E-state index contributed by atoms with van der Waals surface area (Å²) in [5.41, 5.74) is 0. The third kappa shape index (κ3) is 4.63. The average molecular weight is 332 g/mol. The Kier molecular flexibility index (Phi) is 5.96. The van der Waals surface area contributed by atoms with E-state index in [4.69, 9.17) is 9.47 Å². The van der Waals surface area contributed by atoms with Crippen LogP contribution >= 0.6 is 0 Å². The molecule has 2 heterocycles. The average Bonchev–Trinajstić information content (AvgIpc) is 2.92. The van der Waals surface area contributed by atoms with Crippen molar-refractivity contribution < 1.29 is 14.3 Å². The first-order chi connectivity index (χ1) is 11.7. The van der Waals surface area contributed by atoms with Gasteiger partial charge >= 0.3 is 0 Å². The molecule has 2 aliphatic rings.